The van der Waals surface area contributed by atoms with Crippen LogP contribution in [-0.2, 0) is 6.54 Å². The van der Waals surface area contributed by atoms with Crippen molar-refractivity contribution < 1.29 is 5.11 Å². The van der Waals surface area contributed by atoms with Crippen LogP contribution in [0.3, 0.4) is 0 Å². The van der Waals surface area contributed by atoms with E-state index in [0.717, 1.165) is 27.9 Å². The number of anilines is 2. The lowest BCUT2D eigenvalue weighted by molar-refractivity contribution is 0.471. The Labute approximate surface area is 143 Å². The first-order chi connectivity index (χ1) is 12.1. The van der Waals surface area contributed by atoms with Gasteiger partial charge in [-0.1, -0.05) is 6.07 Å². The smallest absolute Gasteiger partial charge is 0.158 e. The molecule has 0 aliphatic rings. The van der Waals surface area contributed by atoms with Crippen molar-refractivity contribution in [3.63, 3.8) is 0 Å². The van der Waals surface area contributed by atoms with E-state index in [-0.39, 0.29) is 5.75 Å². The zero-order chi connectivity index (χ0) is 17.4. The largest absolute Gasteiger partial charge is 0.508 e. The maximum atomic E-state index is 9.90. The van der Waals surface area contributed by atoms with Gasteiger partial charge in [0.2, 0.25) is 0 Å². The first-order valence-electron chi connectivity index (χ1n) is 7.82. The third-order valence-corrected chi connectivity index (χ3v) is 4.20. The van der Waals surface area contributed by atoms with E-state index in [2.05, 4.69) is 25.5 Å². The van der Waals surface area contributed by atoms with Gasteiger partial charge in [-0.2, -0.15) is 10.2 Å². The molecule has 0 saturated heterocycles. The number of aromatic hydroxyl groups is 1. The van der Waals surface area contributed by atoms with Crippen LogP contribution in [-0.4, -0.2) is 34.5 Å². The molecule has 126 valence electrons. The van der Waals surface area contributed by atoms with Crippen molar-refractivity contribution in [1.82, 2.24) is 29.4 Å². The lowest BCUT2D eigenvalue weighted by Gasteiger charge is -2.09. The van der Waals surface area contributed by atoms with Gasteiger partial charge < -0.3 is 10.4 Å². The van der Waals surface area contributed by atoms with Crippen LogP contribution >= 0.6 is 0 Å². The number of fused-ring (bicyclic) bond motifs is 1. The van der Waals surface area contributed by atoms with Crippen molar-refractivity contribution in [2.75, 3.05) is 5.32 Å². The molecule has 3 aromatic heterocycles. The summed E-state index contributed by atoms with van der Waals surface area (Å²) in [6, 6.07) is 5.45. The molecular weight excluding hydrogens is 318 g/mol. The van der Waals surface area contributed by atoms with Crippen LogP contribution in [0.4, 0.5) is 11.5 Å². The molecule has 1 aromatic carbocycles. The summed E-state index contributed by atoms with van der Waals surface area (Å²) in [6.45, 7) is 4.50. The van der Waals surface area contributed by atoms with Crippen LogP contribution in [0.1, 0.15) is 16.7 Å². The van der Waals surface area contributed by atoms with E-state index in [1.54, 1.807) is 21.6 Å². The van der Waals surface area contributed by atoms with Gasteiger partial charge in [-0.3, -0.25) is 0 Å². The van der Waals surface area contributed by atoms with Crippen LogP contribution < -0.4 is 5.32 Å². The number of hydrogen-bond acceptors (Lipinski definition) is 6. The van der Waals surface area contributed by atoms with Crippen LogP contribution in [0, 0.1) is 13.8 Å². The molecule has 0 unspecified atom stereocenters. The van der Waals surface area contributed by atoms with Crippen molar-refractivity contribution in [2.45, 2.75) is 20.4 Å². The van der Waals surface area contributed by atoms with Gasteiger partial charge in [0.25, 0.3) is 0 Å². The monoisotopic (exact) mass is 335 g/mol. The highest BCUT2D eigenvalue weighted by Crippen LogP contribution is 2.28. The average molecular weight is 335 g/mol. The second-order valence-corrected chi connectivity index (χ2v) is 5.90. The summed E-state index contributed by atoms with van der Waals surface area (Å²) in [7, 11) is 0. The quantitative estimate of drug-likeness (QED) is 0.595. The molecular formula is C17H17N7O. The van der Waals surface area contributed by atoms with Crippen LogP contribution in [0.15, 0.2) is 43.4 Å². The maximum Gasteiger partial charge on any atom is 0.158 e. The second kappa shape index (κ2) is 5.90. The molecule has 0 saturated carbocycles. The van der Waals surface area contributed by atoms with E-state index in [1.807, 2.05) is 32.2 Å². The van der Waals surface area contributed by atoms with Crippen molar-refractivity contribution >= 4 is 17.0 Å². The van der Waals surface area contributed by atoms with Gasteiger partial charge in [-0.15, -0.1) is 0 Å². The molecule has 4 aromatic rings. The zero-order valence-electron chi connectivity index (χ0n) is 13.9. The molecule has 8 nitrogen and oxygen atoms in total. The minimum Gasteiger partial charge on any atom is -0.508 e. The van der Waals surface area contributed by atoms with E-state index in [0.29, 0.717) is 12.4 Å². The first kappa shape index (κ1) is 15.1. The van der Waals surface area contributed by atoms with Crippen molar-refractivity contribution in [3.05, 3.63) is 60.1 Å². The normalized spacial score (nSPS) is 11.1. The van der Waals surface area contributed by atoms with Crippen LogP contribution in [0.5, 0.6) is 5.75 Å². The predicted octanol–water partition coefficient (Wildman–Crippen LogP) is 2.44. The third-order valence-electron chi connectivity index (χ3n) is 4.20. The van der Waals surface area contributed by atoms with Crippen molar-refractivity contribution in [3.8, 4) is 5.75 Å². The fourth-order valence-corrected chi connectivity index (χ4v) is 2.77. The number of phenols is 1. The number of phenolic OH excluding ortho intramolecular Hbond substituents is 1. The molecule has 8 heteroatoms. The van der Waals surface area contributed by atoms with Gasteiger partial charge in [0, 0.05) is 18.0 Å². The minimum absolute atomic E-state index is 0.244. The summed E-state index contributed by atoms with van der Waals surface area (Å²) >= 11 is 0. The predicted molar refractivity (Wildman–Crippen MR) is 93.0 cm³/mol. The summed E-state index contributed by atoms with van der Waals surface area (Å²) < 4.78 is 3.56. The fourth-order valence-electron chi connectivity index (χ4n) is 2.77. The Balaban J connectivity index is 1.74. The summed E-state index contributed by atoms with van der Waals surface area (Å²) in [5.74, 6) is 0.926. The molecule has 0 bridgehead atoms. The highest BCUT2D eigenvalue weighted by Gasteiger charge is 2.14. The Hall–Kier alpha value is -3.42. The van der Waals surface area contributed by atoms with E-state index in [9.17, 15) is 5.11 Å². The average Bonchev–Trinajstić information content (AvgIpc) is 3.21. The van der Waals surface area contributed by atoms with Crippen molar-refractivity contribution in [2.24, 2.45) is 0 Å². The highest BCUT2D eigenvalue weighted by molar-refractivity contribution is 5.77. The van der Waals surface area contributed by atoms with Gasteiger partial charge in [0.15, 0.2) is 5.82 Å². The lowest BCUT2D eigenvalue weighted by atomic mass is 10.2. The Morgan fingerprint density at radius 2 is 2.04 bits per heavy atom. The number of nitrogens with one attached hydrogen (secondary N) is 1. The number of nitrogens with zero attached hydrogens (tertiary/aromatic N) is 6. The molecule has 0 radical (unpaired) electrons. The summed E-state index contributed by atoms with van der Waals surface area (Å²) in [4.78, 5) is 8.34. The zero-order valence-corrected chi connectivity index (χ0v) is 13.9. The Bertz CT molecular complexity index is 1040. The van der Waals surface area contributed by atoms with Gasteiger partial charge >= 0.3 is 0 Å². The van der Waals surface area contributed by atoms with Crippen molar-refractivity contribution in [1.29, 1.82) is 0 Å². The Morgan fingerprint density at radius 3 is 2.80 bits per heavy atom. The first-order valence-corrected chi connectivity index (χ1v) is 7.82. The second-order valence-electron chi connectivity index (χ2n) is 5.90. The summed E-state index contributed by atoms with van der Waals surface area (Å²) in [5, 5.41) is 21.6. The molecule has 3 heterocycles. The van der Waals surface area contributed by atoms with Gasteiger partial charge in [0.1, 0.15) is 30.2 Å². The number of rotatable bonds is 4. The highest BCUT2D eigenvalue weighted by atomic mass is 16.3. The number of benzene rings is 1. The standard InChI is InChI=1S/C17H17N7O/c1-11-3-4-14(5-15(11)25)22-17-16-12(2)13(6-23-10-18-8-20-23)7-24(16)21-9-19-17/h3-5,7-10,25H,6H2,1-2H3,(H,19,21,22). The molecule has 25 heavy (non-hydrogen) atoms. The van der Waals surface area contributed by atoms with Gasteiger partial charge in [-0.25, -0.2) is 19.2 Å². The number of hydrogen-bond donors (Lipinski definition) is 2. The SMILES string of the molecule is Cc1ccc(Nc2ncnn3cc(Cn4cncn4)c(C)c23)cc1O. The van der Waals surface area contributed by atoms with E-state index in [1.165, 1.54) is 12.7 Å². The lowest BCUT2D eigenvalue weighted by Crippen LogP contribution is -2.00. The molecule has 0 aliphatic heterocycles. The maximum absolute atomic E-state index is 9.90. The Kier molecular flexibility index (Phi) is 3.57. The molecule has 2 N–H and O–H groups in total. The van der Waals surface area contributed by atoms with E-state index >= 15 is 0 Å². The van der Waals surface area contributed by atoms with Gasteiger partial charge in [0.05, 0.1) is 6.54 Å². The van der Waals surface area contributed by atoms with Crippen LogP contribution in [0.25, 0.3) is 5.52 Å². The number of aryl methyl sites for hydroxylation is 2. The topological polar surface area (TPSA) is 93.2 Å². The third kappa shape index (κ3) is 2.78. The Morgan fingerprint density at radius 1 is 1.16 bits per heavy atom. The molecule has 0 amide bonds. The van der Waals surface area contributed by atoms with E-state index < -0.39 is 0 Å². The fraction of sp³-hybridized carbons (Fsp3) is 0.176. The molecule has 0 atom stereocenters. The summed E-state index contributed by atoms with van der Waals surface area (Å²) in [5.41, 5.74) is 4.63. The van der Waals surface area contributed by atoms with Gasteiger partial charge in [-0.05, 0) is 36.6 Å². The number of aromatic nitrogens is 6. The van der Waals surface area contributed by atoms with E-state index in [4.69, 9.17) is 0 Å². The summed E-state index contributed by atoms with van der Waals surface area (Å²) in [6.07, 6.45) is 6.66. The van der Waals surface area contributed by atoms with Crippen LogP contribution in [0.2, 0.25) is 0 Å². The molecule has 4 rings (SSSR count). The molecule has 0 spiro atoms. The molecule has 0 aliphatic carbocycles. The minimum atomic E-state index is 0.244. The molecule has 0 fully saturated rings.